The van der Waals surface area contributed by atoms with Gasteiger partial charge in [-0.1, -0.05) is 5.16 Å². The molecule has 2 aliphatic rings. The third-order valence-corrected chi connectivity index (χ3v) is 2.66. The Morgan fingerprint density at radius 3 is 3.14 bits per heavy atom. The van der Waals surface area contributed by atoms with Crippen LogP contribution in [-0.2, 0) is 4.84 Å². The Balaban J connectivity index is 1.93. The number of hydrogen-bond donors (Lipinski definition) is 2. The van der Waals surface area contributed by atoms with E-state index < -0.39 is 12.2 Å². The highest BCUT2D eigenvalue weighted by molar-refractivity contribution is 5.90. The average molecular weight is 195 g/mol. The predicted octanol–water partition coefficient (Wildman–Crippen LogP) is -0.232. The number of nitriles is 1. The lowest BCUT2D eigenvalue weighted by molar-refractivity contribution is 0.124. The lowest BCUT2D eigenvalue weighted by Crippen LogP contribution is -2.40. The predicted molar refractivity (Wildman–Crippen MR) is 49.6 cm³/mol. The second-order valence-electron chi connectivity index (χ2n) is 3.66. The summed E-state index contributed by atoms with van der Waals surface area (Å²) in [6.45, 7) is 0.942. The van der Waals surface area contributed by atoms with Gasteiger partial charge < -0.3 is 15.3 Å². The number of hydrogen-bond acceptors (Lipinski definition) is 5. The van der Waals surface area contributed by atoms with Gasteiger partial charge in [-0.15, -0.1) is 0 Å². The molecule has 1 saturated heterocycles. The van der Waals surface area contributed by atoms with Crippen LogP contribution in [0.25, 0.3) is 0 Å². The molecule has 1 fully saturated rings. The monoisotopic (exact) mass is 195 g/mol. The molecule has 0 radical (unpaired) electrons. The van der Waals surface area contributed by atoms with Crippen molar-refractivity contribution in [1.29, 1.82) is 5.26 Å². The van der Waals surface area contributed by atoms with Crippen LogP contribution in [0.2, 0.25) is 0 Å². The molecule has 0 saturated carbocycles. The van der Waals surface area contributed by atoms with Crippen molar-refractivity contribution in [2.75, 3.05) is 6.54 Å². The summed E-state index contributed by atoms with van der Waals surface area (Å²) in [6, 6.07) is 2.05. The molecule has 0 aliphatic carbocycles. The summed E-state index contributed by atoms with van der Waals surface area (Å²) in [4.78, 5) is 4.83. The number of oxime groups is 1. The molecular formula is C9H13N3O2. The van der Waals surface area contributed by atoms with Crippen molar-refractivity contribution in [3.8, 4) is 6.07 Å². The van der Waals surface area contributed by atoms with Gasteiger partial charge in [0.1, 0.15) is 12.2 Å². The molecule has 0 bridgehead atoms. The molecule has 3 unspecified atom stereocenters. The zero-order chi connectivity index (χ0) is 9.97. The van der Waals surface area contributed by atoms with Gasteiger partial charge in [0.2, 0.25) is 6.10 Å². The highest BCUT2D eigenvalue weighted by atomic mass is 16.6. The van der Waals surface area contributed by atoms with Gasteiger partial charge in [-0.3, -0.25) is 0 Å². The number of nitrogens with one attached hydrogen (secondary N) is 1. The number of nitrogens with zero attached hydrogens (tertiary/aromatic N) is 2. The van der Waals surface area contributed by atoms with Gasteiger partial charge >= 0.3 is 0 Å². The highest BCUT2D eigenvalue weighted by Crippen LogP contribution is 2.17. The first-order chi connectivity index (χ1) is 6.81. The molecule has 5 heteroatoms. The van der Waals surface area contributed by atoms with E-state index in [2.05, 4.69) is 10.5 Å². The first-order valence-electron chi connectivity index (χ1n) is 4.85. The van der Waals surface area contributed by atoms with Crippen molar-refractivity contribution in [2.24, 2.45) is 5.16 Å². The largest absolute Gasteiger partial charge is 0.385 e. The molecule has 5 nitrogen and oxygen atoms in total. The molecule has 0 amide bonds. The molecular weight excluding hydrogens is 182 g/mol. The highest BCUT2D eigenvalue weighted by Gasteiger charge is 2.32. The Bertz CT molecular complexity index is 278. The first kappa shape index (κ1) is 9.44. The second kappa shape index (κ2) is 3.95. The van der Waals surface area contributed by atoms with Gasteiger partial charge in [-0.05, 0) is 19.4 Å². The Labute approximate surface area is 82.3 Å². The van der Waals surface area contributed by atoms with E-state index in [1.165, 1.54) is 0 Å². The standard InChI is InChI=1S/C9H13N3O2/c10-5-6-4-8(12-14-6)9(13)7-2-1-3-11-7/h6-7,9,11,13H,1-4H2. The van der Waals surface area contributed by atoms with Crippen LogP contribution in [0.5, 0.6) is 0 Å². The average Bonchev–Trinajstić information content (AvgIpc) is 2.88. The van der Waals surface area contributed by atoms with Crippen molar-refractivity contribution < 1.29 is 9.94 Å². The van der Waals surface area contributed by atoms with E-state index >= 15 is 0 Å². The van der Waals surface area contributed by atoms with Crippen LogP contribution in [0.1, 0.15) is 19.3 Å². The fraction of sp³-hybridized carbons (Fsp3) is 0.778. The minimum atomic E-state index is -0.601. The van der Waals surface area contributed by atoms with E-state index in [0.717, 1.165) is 19.4 Å². The minimum absolute atomic E-state index is 0.0785. The summed E-state index contributed by atoms with van der Waals surface area (Å²) in [5.41, 5.74) is 0.593. The first-order valence-corrected chi connectivity index (χ1v) is 4.85. The van der Waals surface area contributed by atoms with Gasteiger partial charge in [0.15, 0.2) is 0 Å². The van der Waals surface area contributed by atoms with E-state index in [-0.39, 0.29) is 6.04 Å². The lowest BCUT2D eigenvalue weighted by atomic mass is 10.0. The molecule has 0 aromatic heterocycles. The number of aliphatic hydroxyl groups is 1. The van der Waals surface area contributed by atoms with Gasteiger partial charge in [-0.2, -0.15) is 5.26 Å². The molecule has 2 N–H and O–H groups in total. The molecule has 0 spiro atoms. The summed E-state index contributed by atoms with van der Waals surface area (Å²) in [6.07, 6.45) is 1.35. The van der Waals surface area contributed by atoms with Crippen molar-refractivity contribution in [3.63, 3.8) is 0 Å². The summed E-state index contributed by atoms with van der Waals surface area (Å²) in [5.74, 6) is 0. The van der Waals surface area contributed by atoms with Gasteiger partial charge in [0.05, 0.1) is 5.71 Å². The molecule has 14 heavy (non-hydrogen) atoms. The van der Waals surface area contributed by atoms with Gasteiger partial charge in [-0.25, -0.2) is 0 Å². The third kappa shape index (κ3) is 1.72. The maximum Gasteiger partial charge on any atom is 0.218 e. The maximum atomic E-state index is 9.88. The normalized spacial score (nSPS) is 33.3. The van der Waals surface area contributed by atoms with Crippen LogP contribution >= 0.6 is 0 Å². The summed E-state index contributed by atoms with van der Waals surface area (Å²) >= 11 is 0. The fourth-order valence-electron chi connectivity index (χ4n) is 1.85. The molecule has 2 aliphatic heterocycles. The minimum Gasteiger partial charge on any atom is -0.385 e. The van der Waals surface area contributed by atoms with Gasteiger partial charge in [0, 0.05) is 12.5 Å². The lowest BCUT2D eigenvalue weighted by Gasteiger charge is -2.16. The quantitative estimate of drug-likeness (QED) is 0.638. The molecule has 0 aromatic rings. The maximum absolute atomic E-state index is 9.88. The van der Waals surface area contributed by atoms with E-state index in [4.69, 9.17) is 10.1 Å². The van der Waals surface area contributed by atoms with Crippen LogP contribution in [0.3, 0.4) is 0 Å². The van der Waals surface area contributed by atoms with Crippen LogP contribution in [0, 0.1) is 11.3 Å². The molecule has 3 atom stereocenters. The molecule has 0 aromatic carbocycles. The second-order valence-corrected chi connectivity index (χ2v) is 3.66. The molecule has 2 heterocycles. The van der Waals surface area contributed by atoms with Crippen LogP contribution in [0.4, 0.5) is 0 Å². The number of aliphatic hydroxyl groups excluding tert-OH is 1. The molecule has 76 valence electrons. The fourth-order valence-corrected chi connectivity index (χ4v) is 1.85. The van der Waals surface area contributed by atoms with Crippen molar-refractivity contribution in [1.82, 2.24) is 5.32 Å². The van der Waals surface area contributed by atoms with E-state index in [0.29, 0.717) is 12.1 Å². The summed E-state index contributed by atoms with van der Waals surface area (Å²) in [5, 5.41) is 25.4. The zero-order valence-corrected chi connectivity index (χ0v) is 7.81. The third-order valence-electron chi connectivity index (χ3n) is 2.66. The Morgan fingerprint density at radius 1 is 1.71 bits per heavy atom. The smallest absolute Gasteiger partial charge is 0.218 e. The van der Waals surface area contributed by atoms with E-state index in [1.807, 2.05) is 6.07 Å². The van der Waals surface area contributed by atoms with Crippen molar-refractivity contribution >= 4 is 5.71 Å². The van der Waals surface area contributed by atoms with E-state index in [1.54, 1.807) is 0 Å². The summed E-state index contributed by atoms with van der Waals surface area (Å²) in [7, 11) is 0. The van der Waals surface area contributed by atoms with Crippen LogP contribution in [-0.4, -0.2) is 35.6 Å². The topological polar surface area (TPSA) is 77.6 Å². The Hall–Kier alpha value is -1.12. The van der Waals surface area contributed by atoms with Crippen molar-refractivity contribution in [2.45, 2.75) is 37.5 Å². The Morgan fingerprint density at radius 2 is 2.57 bits per heavy atom. The summed E-state index contributed by atoms with van der Waals surface area (Å²) < 4.78 is 0. The van der Waals surface area contributed by atoms with Crippen LogP contribution < -0.4 is 5.32 Å². The number of rotatable bonds is 2. The molecule has 2 rings (SSSR count). The SMILES string of the molecule is N#CC1CC(C(O)C2CCCN2)=NO1. The van der Waals surface area contributed by atoms with Gasteiger partial charge in [0.25, 0.3) is 0 Å². The van der Waals surface area contributed by atoms with E-state index in [9.17, 15) is 5.11 Å². The van der Waals surface area contributed by atoms with Crippen molar-refractivity contribution in [3.05, 3.63) is 0 Å². The van der Waals surface area contributed by atoms with Crippen LogP contribution in [0.15, 0.2) is 5.16 Å². The zero-order valence-electron chi connectivity index (χ0n) is 7.81. The Kier molecular flexibility index (Phi) is 2.66.